The van der Waals surface area contributed by atoms with E-state index in [9.17, 15) is 37.8 Å². The van der Waals surface area contributed by atoms with Gasteiger partial charge in [-0.05, 0) is 37.0 Å². The Morgan fingerprint density at radius 2 is 1.58 bits per heavy atom. The molecule has 4 aromatic rings. The number of hydrogen-bond donors (Lipinski definition) is 4. The number of aromatic nitrogens is 2. The van der Waals surface area contributed by atoms with Crippen molar-refractivity contribution < 1.29 is 42.4 Å². The molecule has 3 aromatic carbocycles. The van der Waals surface area contributed by atoms with Gasteiger partial charge in [0.15, 0.2) is 0 Å². The summed E-state index contributed by atoms with van der Waals surface area (Å²) in [6.45, 7) is -0.161. The zero-order valence-corrected chi connectivity index (χ0v) is 28.5. The van der Waals surface area contributed by atoms with Crippen LogP contribution in [0.1, 0.15) is 54.2 Å². The molecule has 4 N–H and O–H groups in total. The van der Waals surface area contributed by atoms with Gasteiger partial charge in [0.1, 0.15) is 29.9 Å². The summed E-state index contributed by atoms with van der Waals surface area (Å²) in [5.41, 5.74) is -1.05. The zero-order chi connectivity index (χ0) is 37.5. The molecule has 276 valence electrons. The van der Waals surface area contributed by atoms with Crippen molar-refractivity contribution in [2.75, 3.05) is 20.8 Å². The number of benzene rings is 3. The van der Waals surface area contributed by atoms with Crippen molar-refractivity contribution in [2.45, 2.75) is 61.8 Å². The number of aromatic amines is 1. The standard InChI is InChI=1S/C38H40F3N3O8/c1-50-29-19-11-9-17-26(29)37(25-15-7-5-8-16-25,27-18-10-12-20-30(27)51-2)33(46)32-28(45)22-31(52-32)44-23-24(34(47)43-36(44)49)14-6-3-4-13-21-42-35(48)38(39,40)41/h5-12,14-20,23,28,31-33,45-46H,3-4,13,21-22H2,1-2H3,(H,42,48)(H,43,47,49)/b14-6+/t28-,31+,32-,33?/m0/s1. The van der Waals surface area contributed by atoms with E-state index >= 15 is 0 Å². The van der Waals surface area contributed by atoms with Gasteiger partial charge >= 0.3 is 17.8 Å². The molecule has 52 heavy (non-hydrogen) atoms. The summed E-state index contributed by atoms with van der Waals surface area (Å²) < 4.78 is 56.2. The Bertz CT molecular complexity index is 1930. The molecular formula is C38H40F3N3O8. The Morgan fingerprint density at radius 3 is 2.17 bits per heavy atom. The molecule has 1 aromatic heterocycles. The number of aliphatic hydroxyl groups excluding tert-OH is 2. The molecule has 1 fully saturated rings. The lowest BCUT2D eigenvalue weighted by molar-refractivity contribution is -0.173. The molecule has 0 bridgehead atoms. The highest BCUT2D eigenvalue weighted by molar-refractivity contribution is 5.81. The molecule has 1 aliphatic rings. The Morgan fingerprint density at radius 1 is 0.981 bits per heavy atom. The van der Waals surface area contributed by atoms with Gasteiger partial charge in [-0.1, -0.05) is 78.9 Å². The molecule has 1 saturated heterocycles. The monoisotopic (exact) mass is 723 g/mol. The van der Waals surface area contributed by atoms with Crippen LogP contribution in [0, 0.1) is 0 Å². The van der Waals surface area contributed by atoms with Crippen molar-refractivity contribution in [2.24, 2.45) is 0 Å². The number of nitrogens with zero attached hydrogens (tertiary/aromatic N) is 1. The summed E-state index contributed by atoms with van der Waals surface area (Å²) >= 11 is 0. The van der Waals surface area contributed by atoms with Gasteiger partial charge in [0.05, 0.1) is 31.3 Å². The molecule has 0 radical (unpaired) electrons. The van der Waals surface area contributed by atoms with Gasteiger partial charge in [-0.3, -0.25) is 19.1 Å². The highest BCUT2D eigenvalue weighted by atomic mass is 19.4. The number of halogens is 3. The Hall–Kier alpha value is -5.18. The first-order valence-corrected chi connectivity index (χ1v) is 16.6. The van der Waals surface area contributed by atoms with Gasteiger partial charge in [-0.15, -0.1) is 0 Å². The van der Waals surface area contributed by atoms with Crippen LogP contribution in [0.5, 0.6) is 11.5 Å². The summed E-state index contributed by atoms with van der Waals surface area (Å²) in [5, 5.41) is 26.1. The van der Waals surface area contributed by atoms with Gasteiger partial charge < -0.3 is 29.7 Å². The second-order valence-corrected chi connectivity index (χ2v) is 12.3. The molecule has 5 rings (SSSR count). The van der Waals surface area contributed by atoms with Crippen molar-refractivity contribution in [3.63, 3.8) is 0 Å². The number of ether oxygens (including phenoxy) is 3. The first-order valence-electron chi connectivity index (χ1n) is 16.6. The largest absolute Gasteiger partial charge is 0.496 e. The summed E-state index contributed by atoms with van der Waals surface area (Å²) in [7, 11) is 3.04. The van der Waals surface area contributed by atoms with Crippen LogP contribution in [0.25, 0.3) is 6.08 Å². The summed E-state index contributed by atoms with van der Waals surface area (Å²) in [5.74, 6) is -1.09. The molecule has 0 saturated carbocycles. The number of hydrogen-bond acceptors (Lipinski definition) is 8. The number of unbranched alkanes of at least 4 members (excludes halogenated alkanes) is 2. The van der Waals surface area contributed by atoms with Gasteiger partial charge in [0, 0.05) is 30.3 Å². The van der Waals surface area contributed by atoms with Crippen LogP contribution < -0.4 is 26.0 Å². The van der Waals surface area contributed by atoms with E-state index in [1.165, 1.54) is 26.5 Å². The molecule has 0 spiro atoms. The van der Waals surface area contributed by atoms with E-state index in [1.807, 2.05) is 54.6 Å². The summed E-state index contributed by atoms with van der Waals surface area (Å²) in [6.07, 6.45) is -4.74. The van der Waals surface area contributed by atoms with Crippen molar-refractivity contribution in [1.82, 2.24) is 14.9 Å². The SMILES string of the molecule is COc1ccccc1C(c1ccccc1)(c1ccccc1OC)C(O)[C@H]1O[C@@H](n2cc(/C=C/CCCCNC(=O)C(F)(F)F)c(=O)[nH]c2=O)C[C@@H]1O. The highest BCUT2D eigenvalue weighted by Crippen LogP contribution is 2.51. The number of amides is 1. The molecule has 0 aliphatic carbocycles. The normalized spacial score (nSPS) is 18.3. The predicted molar refractivity (Wildman–Crippen MR) is 186 cm³/mol. The summed E-state index contributed by atoms with van der Waals surface area (Å²) in [6, 6.07) is 23.6. The third kappa shape index (κ3) is 7.83. The number of allylic oxidation sites excluding steroid dienone is 1. The van der Waals surface area contributed by atoms with Gasteiger partial charge in [0.2, 0.25) is 0 Å². The van der Waals surface area contributed by atoms with Crippen molar-refractivity contribution >= 4 is 12.0 Å². The van der Waals surface area contributed by atoms with Crippen molar-refractivity contribution in [3.05, 3.63) is 134 Å². The molecule has 1 unspecified atom stereocenters. The Balaban J connectivity index is 1.46. The second-order valence-electron chi connectivity index (χ2n) is 12.3. The van der Waals surface area contributed by atoms with Crippen LogP contribution in [0.15, 0.2) is 101 Å². The number of H-pyrrole nitrogens is 1. The van der Waals surface area contributed by atoms with Crippen molar-refractivity contribution in [3.8, 4) is 11.5 Å². The first kappa shape index (κ1) is 38.1. The smallest absolute Gasteiger partial charge is 0.471 e. The number of para-hydroxylation sites is 2. The lowest BCUT2D eigenvalue weighted by atomic mass is 9.63. The van der Waals surface area contributed by atoms with E-state index in [4.69, 9.17) is 14.2 Å². The number of aliphatic hydroxyl groups is 2. The molecule has 2 heterocycles. The fourth-order valence-electron chi connectivity index (χ4n) is 6.70. The quantitative estimate of drug-likeness (QED) is 0.110. The van der Waals surface area contributed by atoms with E-state index in [0.717, 1.165) is 4.57 Å². The fourth-order valence-corrected chi connectivity index (χ4v) is 6.70. The number of carbonyl (C=O) groups excluding carboxylic acids is 1. The van der Waals surface area contributed by atoms with Crippen LogP contribution >= 0.6 is 0 Å². The Labute approximate surface area is 297 Å². The maximum absolute atomic E-state index is 13.1. The average molecular weight is 724 g/mol. The number of alkyl halides is 3. The van der Waals surface area contributed by atoms with Gasteiger partial charge in [-0.2, -0.15) is 13.2 Å². The Kier molecular flexibility index (Phi) is 12.0. The minimum atomic E-state index is -4.95. The van der Waals surface area contributed by atoms with Crippen molar-refractivity contribution in [1.29, 1.82) is 0 Å². The molecular weight excluding hydrogens is 683 g/mol. The van der Waals surface area contributed by atoms with Crippen LogP contribution in [0.3, 0.4) is 0 Å². The number of methoxy groups -OCH3 is 2. The van der Waals surface area contributed by atoms with E-state index < -0.39 is 53.3 Å². The van der Waals surface area contributed by atoms with E-state index in [2.05, 4.69) is 4.98 Å². The number of carbonyl (C=O) groups is 1. The molecule has 4 atom stereocenters. The maximum atomic E-state index is 13.1. The lowest BCUT2D eigenvalue weighted by Crippen LogP contribution is -2.51. The van der Waals surface area contributed by atoms with Gasteiger partial charge in [-0.25, -0.2) is 4.79 Å². The topological polar surface area (TPSA) is 152 Å². The number of nitrogens with one attached hydrogen (secondary N) is 2. The van der Waals surface area contributed by atoms with Gasteiger partial charge in [0.25, 0.3) is 5.56 Å². The highest BCUT2D eigenvalue weighted by Gasteiger charge is 2.54. The maximum Gasteiger partial charge on any atom is 0.471 e. The third-order valence-electron chi connectivity index (χ3n) is 9.13. The summed E-state index contributed by atoms with van der Waals surface area (Å²) in [4.78, 5) is 39.0. The van der Waals surface area contributed by atoms with E-state index in [0.29, 0.717) is 41.0 Å². The van der Waals surface area contributed by atoms with Crippen LogP contribution in [0.2, 0.25) is 0 Å². The van der Waals surface area contributed by atoms with Crippen LogP contribution in [-0.4, -0.2) is 70.9 Å². The minimum absolute atomic E-state index is 0.0914. The van der Waals surface area contributed by atoms with E-state index in [1.54, 1.807) is 35.7 Å². The number of rotatable bonds is 14. The zero-order valence-electron chi connectivity index (χ0n) is 28.5. The molecule has 1 amide bonds. The van der Waals surface area contributed by atoms with Crippen LogP contribution in [0.4, 0.5) is 13.2 Å². The predicted octanol–water partition coefficient (Wildman–Crippen LogP) is 4.46. The fraction of sp³-hybridized carbons (Fsp3) is 0.342. The van der Waals surface area contributed by atoms with Crippen LogP contribution in [-0.2, 0) is 14.9 Å². The molecule has 1 aliphatic heterocycles. The minimum Gasteiger partial charge on any atom is -0.496 e. The first-order chi connectivity index (χ1) is 24.9. The molecule has 11 nitrogen and oxygen atoms in total. The third-order valence-corrected chi connectivity index (χ3v) is 9.13. The van der Waals surface area contributed by atoms with E-state index in [-0.39, 0.29) is 24.9 Å². The second kappa shape index (κ2) is 16.4. The molecule has 14 heteroatoms. The lowest BCUT2D eigenvalue weighted by Gasteiger charge is -2.43. The average Bonchev–Trinajstić information content (AvgIpc) is 3.53.